The minimum Gasteiger partial charge on any atom is -0.465 e. The van der Waals surface area contributed by atoms with Crippen LogP contribution in [0.3, 0.4) is 0 Å². The number of halogens is 1. The first-order valence-corrected chi connectivity index (χ1v) is 4.61. The van der Waals surface area contributed by atoms with E-state index >= 15 is 0 Å². The predicted molar refractivity (Wildman–Crippen MR) is 57.0 cm³/mol. The summed E-state index contributed by atoms with van der Waals surface area (Å²) in [6.45, 7) is 1.51. The number of hydrogen-bond acceptors (Lipinski definition) is 2. The highest BCUT2D eigenvalue weighted by Crippen LogP contribution is 2.21. The molecule has 1 atom stereocenters. The third-order valence-corrected chi connectivity index (χ3v) is 2.10. The number of carbonyl (C=O) groups is 1. The van der Waals surface area contributed by atoms with E-state index in [0.717, 1.165) is 4.90 Å². The molecule has 1 aromatic rings. The molecule has 1 N–H and O–H groups in total. The number of benzene rings is 1. The minimum absolute atomic E-state index is 0.393. The molecule has 1 aromatic carbocycles. The fourth-order valence-electron chi connectivity index (χ4n) is 1.18. The Labute approximate surface area is 92.3 Å². The Hall–Kier alpha value is -1.73. The standard InChI is InChI=1S/C10H9ClN2O2/c1-7(6-12)13(10(14)15)9-4-2-3-8(11)5-9/h2-5,7H,1H3,(H,14,15). The number of nitriles is 1. The summed E-state index contributed by atoms with van der Waals surface area (Å²) in [7, 11) is 0. The monoisotopic (exact) mass is 224 g/mol. The lowest BCUT2D eigenvalue weighted by Gasteiger charge is -2.21. The summed E-state index contributed by atoms with van der Waals surface area (Å²) in [5.74, 6) is 0. The molecule has 0 aliphatic heterocycles. The second-order valence-corrected chi connectivity index (χ2v) is 3.37. The van der Waals surface area contributed by atoms with Crippen LogP contribution < -0.4 is 4.90 Å². The molecule has 0 radical (unpaired) electrons. The Morgan fingerprint density at radius 1 is 1.67 bits per heavy atom. The van der Waals surface area contributed by atoms with Crippen molar-refractivity contribution in [1.29, 1.82) is 5.26 Å². The molecule has 1 unspecified atom stereocenters. The van der Waals surface area contributed by atoms with Crippen LogP contribution in [0.15, 0.2) is 24.3 Å². The van der Waals surface area contributed by atoms with Gasteiger partial charge in [0.15, 0.2) is 0 Å². The van der Waals surface area contributed by atoms with Crippen molar-refractivity contribution < 1.29 is 9.90 Å². The molecule has 0 bridgehead atoms. The molecule has 5 heteroatoms. The van der Waals surface area contributed by atoms with Gasteiger partial charge in [-0.3, -0.25) is 4.90 Å². The van der Waals surface area contributed by atoms with Gasteiger partial charge >= 0.3 is 6.09 Å². The van der Waals surface area contributed by atoms with Crippen LogP contribution in [0.2, 0.25) is 5.02 Å². The van der Waals surface area contributed by atoms with Gasteiger partial charge in [0.05, 0.1) is 6.07 Å². The predicted octanol–water partition coefficient (Wildman–Crippen LogP) is 2.74. The molecule has 0 spiro atoms. The minimum atomic E-state index is -1.17. The van der Waals surface area contributed by atoms with E-state index in [1.165, 1.54) is 13.0 Å². The molecule has 78 valence electrons. The molecule has 0 aromatic heterocycles. The van der Waals surface area contributed by atoms with Crippen LogP contribution in [-0.4, -0.2) is 17.2 Å². The summed E-state index contributed by atoms with van der Waals surface area (Å²) in [6, 6.07) is 7.49. The van der Waals surface area contributed by atoms with Crippen molar-refractivity contribution in [2.45, 2.75) is 13.0 Å². The Kier molecular flexibility index (Phi) is 3.53. The van der Waals surface area contributed by atoms with Gasteiger partial charge in [0.2, 0.25) is 0 Å². The van der Waals surface area contributed by atoms with E-state index in [0.29, 0.717) is 10.7 Å². The maximum atomic E-state index is 10.9. The van der Waals surface area contributed by atoms with Gasteiger partial charge in [0, 0.05) is 10.7 Å². The van der Waals surface area contributed by atoms with Gasteiger partial charge in [-0.15, -0.1) is 0 Å². The van der Waals surface area contributed by atoms with Crippen molar-refractivity contribution in [3.8, 4) is 6.07 Å². The molecular formula is C10H9ClN2O2. The van der Waals surface area contributed by atoms with Crippen LogP contribution >= 0.6 is 11.6 Å². The average molecular weight is 225 g/mol. The van der Waals surface area contributed by atoms with Crippen LogP contribution in [0.1, 0.15) is 6.92 Å². The molecule has 0 saturated heterocycles. The zero-order valence-corrected chi connectivity index (χ0v) is 8.77. The van der Waals surface area contributed by atoms with E-state index in [2.05, 4.69) is 0 Å². The van der Waals surface area contributed by atoms with E-state index in [-0.39, 0.29) is 0 Å². The summed E-state index contributed by atoms with van der Waals surface area (Å²) in [4.78, 5) is 11.9. The quantitative estimate of drug-likeness (QED) is 0.840. The third-order valence-electron chi connectivity index (χ3n) is 1.87. The van der Waals surface area contributed by atoms with Crippen LogP contribution in [0.5, 0.6) is 0 Å². The second kappa shape index (κ2) is 4.67. The normalized spacial score (nSPS) is 11.5. The van der Waals surface area contributed by atoms with Gasteiger partial charge in [-0.2, -0.15) is 5.26 Å². The van der Waals surface area contributed by atoms with Crippen molar-refractivity contribution in [3.05, 3.63) is 29.3 Å². The number of amides is 1. The maximum Gasteiger partial charge on any atom is 0.412 e. The van der Waals surface area contributed by atoms with Crippen molar-refractivity contribution >= 4 is 23.4 Å². The Morgan fingerprint density at radius 2 is 2.33 bits per heavy atom. The molecular weight excluding hydrogens is 216 g/mol. The topological polar surface area (TPSA) is 64.3 Å². The Bertz CT molecular complexity index is 414. The fourth-order valence-corrected chi connectivity index (χ4v) is 1.37. The van der Waals surface area contributed by atoms with Crippen LogP contribution in [0, 0.1) is 11.3 Å². The number of nitrogens with zero attached hydrogens (tertiary/aromatic N) is 2. The molecule has 0 saturated carbocycles. The zero-order valence-electron chi connectivity index (χ0n) is 8.01. The lowest BCUT2D eigenvalue weighted by molar-refractivity contribution is 0.201. The van der Waals surface area contributed by atoms with Crippen molar-refractivity contribution in [3.63, 3.8) is 0 Å². The third kappa shape index (κ3) is 2.61. The van der Waals surface area contributed by atoms with Crippen LogP contribution in [0.25, 0.3) is 0 Å². The van der Waals surface area contributed by atoms with E-state index in [1.807, 2.05) is 6.07 Å². The molecule has 0 aliphatic rings. The second-order valence-electron chi connectivity index (χ2n) is 2.94. The first kappa shape index (κ1) is 11.3. The lowest BCUT2D eigenvalue weighted by Crippen LogP contribution is -2.36. The smallest absolute Gasteiger partial charge is 0.412 e. The van der Waals surface area contributed by atoms with E-state index in [4.69, 9.17) is 22.0 Å². The SMILES string of the molecule is CC(C#N)N(C(=O)O)c1cccc(Cl)c1. The molecule has 0 fully saturated rings. The fraction of sp³-hybridized carbons (Fsp3) is 0.200. The summed E-state index contributed by atoms with van der Waals surface area (Å²) < 4.78 is 0. The lowest BCUT2D eigenvalue weighted by atomic mass is 10.2. The molecule has 4 nitrogen and oxygen atoms in total. The molecule has 0 aliphatic carbocycles. The van der Waals surface area contributed by atoms with Crippen LogP contribution in [0.4, 0.5) is 10.5 Å². The number of rotatable bonds is 2. The highest BCUT2D eigenvalue weighted by molar-refractivity contribution is 6.30. The van der Waals surface area contributed by atoms with Gasteiger partial charge in [0.1, 0.15) is 6.04 Å². The van der Waals surface area contributed by atoms with Crippen molar-refractivity contribution in [1.82, 2.24) is 0 Å². The highest BCUT2D eigenvalue weighted by Gasteiger charge is 2.20. The Balaban J connectivity index is 3.11. The summed E-state index contributed by atoms with van der Waals surface area (Å²) in [6.07, 6.45) is -1.17. The van der Waals surface area contributed by atoms with Gasteiger partial charge in [-0.1, -0.05) is 17.7 Å². The number of hydrogen-bond donors (Lipinski definition) is 1. The summed E-state index contributed by atoms with van der Waals surface area (Å²) in [5, 5.41) is 18.1. The largest absolute Gasteiger partial charge is 0.465 e. The van der Waals surface area contributed by atoms with E-state index in [1.54, 1.807) is 18.2 Å². The first-order chi connectivity index (χ1) is 7.06. The first-order valence-electron chi connectivity index (χ1n) is 4.23. The zero-order chi connectivity index (χ0) is 11.4. The van der Waals surface area contributed by atoms with Crippen molar-refractivity contribution in [2.75, 3.05) is 4.90 Å². The number of carboxylic acid groups (broad SMARTS) is 1. The van der Waals surface area contributed by atoms with Gasteiger partial charge in [-0.25, -0.2) is 4.79 Å². The summed E-state index contributed by atoms with van der Waals surface area (Å²) >= 11 is 5.74. The maximum absolute atomic E-state index is 10.9. The molecule has 15 heavy (non-hydrogen) atoms. The van der Waals surface area contributed by atoms with Gasteiger partial charge in [0.25, 0.3) is 0 Å². The molecule has 1 rings (SSSR count). The average Bonchev–Trinajstić information content (AvgIpc) is 2.17. The van der Waals surface area contributed by atoms with Crippen molar-refractivity contribution in [2.24, 2.45) is 0 Å². The van der Waals surface area contributed by atoms with E-state index in [9.17, 15) is 4.79 Å². The molecule has 1 amide bonds. The number of anilines is 1. The summed E-state index contributed by atoms with van der Waals surface area (Å²) in [5.41, 5.74) is 0.393. The molecule has 0 heterocycles. The van der Waals surface area contributed by atoms with E-state index < -0.39 is 12.1 Å². The highest BCUT2D eigenvalue weighted by atomic mass is 35.5. The van der Waals surface area contributed by atoms with Gasteiger partial charge in [-0.05, 0) is 25.1 Å². The van der Waals surface area contributed by atoms with Crippen LogP contribution in [-0.2, 0) is 0 Å². The van der Waals surface area contributed by atoms with Gasteiger partial charge < -0.3 is 5.11 Å². The Morgan fingerprint density at radius 3 is 2.80 bits per heavy atom.